The zero-order valence-electron chi connectivity index (χ0n) is 6.64. The van der Waals surface area contributed by atoms with Gasteiger partial charge in [0.25, 0.3) is 0 Å². The van der Waals surface area contributed by atoms with E-state index in [-0.39, 0.29) is 5.75 Å². The van der Waals surface area contributed by atoms with Crippen LogP contribution in [0.2, 0.25) is 0 Å². The van der Waals surface area contributed by atoms with Gasteiger partial charge in [0.2, 0.25) is 0 Å². The molecule has 72 valence electrons. The molecule has 0 bridgehead atoms. The highest BCUT2D eigenvalue weighted by Gasteiger charge is 2.30. The third-order valence-electron chi connectivity index (χ3n) is 1.37. The molecule has 0 saturated carbocycles. The van der Waals surface area contributed by atoms with Gasteiger partial charge < -0.3 is 4.74 Å². The Balaban J connectivity index is 2.78. The molecular formula is C8H8F3OP. The van der Waals surface area contributed by atoms with E-state index in [1.165, 1.54) is 18.2 Å². The number of alkyl halides is 3. The second-order valence-electron chi connectivity index (χ2n) is 2.40. The molecule has 0 amide bonds. The smallest absolute Gasteiger partial charge is 0.406 e. The third kappa shape index (κ3) is 3.64. The van der Waals surface area contributed by atoms with Gasteiger partial charge >= 0.3 is 6.36 Å². The molecule has 0 aliphatic heterocycles. The molecule has 0 N–H and O–H groups in total. The van der Waals surface area contributed by atoms with Crippen LogP contribution in [-0.4, -0.2) is 6.36 Å². The van der Waals surface area contributed by atoms with E-state index in [2.05, 4.69) is 14.0 Å². The van der Waals surface area contributed by atoms with Gasteiger partial charge in [0.15, 0.2) is 0 Å². The molecular weight excluding hydrogens is 200 g/mol. The summed E-state index contributed by atoms with van der Waals surface area (Å²) in [6, 6.07) is 5.90. The van der Waals surface area contributed by atoms with Crippen molar-refractivity contribution >= 4 is 9.24 Å². The maximum Gasteiger partial charge on any atom is 0.573 e. The summed E-state index contributed by atoms with van der Waals surface area (Å²) >= 11 is 0. The Labute approximate surface area is 76.1 Å². The van der Waals surface area contributed by atoms with Gasteiger partial charge in [-0.3, -0.25) is 0 Å². The van der Waals surface area contributed by atoms with Crippen molar-refractivity contribution in [3.63, 3.8) is 0 Å². The van der Waals surface area contributed by atoms with Crippen molar-refractivity contribution in [3.05, 3.63) is 29.8 Å². The van der Waals surface area contributed by atoms with Crippen LogP contribution < -0.4 is 4.74 Å². The Morgan fingerprint density at radius 1 is 1.31 bits per heavy atom. The minimum atomic E-state index is -4.61. The van der Waals surface area contributed by atoms with E-state index in [4.69, 9.17) is 0 Å². The highest BCUT2D eigenvalue weighted by molar-refractivity contribution is 7.15. The molecule has 0 aromatic heterocycles. The Morgan fingerprint density at radius 2 is 2.00 bits per heavy atom. The Bertz CT molecular complexity index is 285. The number of rotatable bonds is 2. The molecule has 0 spiro atoms. The van der Waals surface area contributed by atoms with Crippen molar-refractivity contribution in [3.8, 4) is 5.75 Å². The van der Waals surface area contributed by atoms with Crippen LogP contribution in [0.25, 0.3) is 0 Å². The monoisotopic (exact) mass is 208 g/mol. The second-order valence-corrected chi connectivity index (χ2v) is 2.81. The van der Waals surface area contributed by atoms with Gasteiger partial charge in [-0.2, -0.15) is 0 Å². The lowest BCUT2D eigenvalue weighted by molar-refractivity contribution is -0.274. The van der Waals surface area contributed by atoms with E-state index in [0.717, 1.165) is 5.56 Å². The lowest BCUT2D eigenvalue weighted by Gasteiger charge is -2.09. The van der Waals surface area contributed by atoms with Crippen molar-refractivity contribution in [2.24, 2.45) is 0 Å². The Hall–Kier alpha value is -0.760. The van der Waals surface area contributed by atoms with Crippen LogP contribution in [0.15, 0.2) is 24.3 Å². The molecule has 1 rings (SSSR count). The zero-order valence-corrected chi connectivity index (χ0v) is 7.79. The minimum absolute atomic E-state index is 0.174. The SMILES string of the molecule is FC(F)(F)Oc1cccc(CP)c1. The fourth-order valence-corrected chi connectivity index (χ4v) is 1.12. The van der Waals surface area contributed by atoms with E-state index in [0.29, 0.717) is 6.16 Å². The summed E-state index contributed by atoms with van der Waals surface area (Å²) in [5, 5.41) is 0. The van der Waals surface area contributed by atoms with Crippen molar-refractivity contribution in [2.45, 2.75) is 12.5 Å². The molecule has 1 aromatic rings. The number of benzene rings is 1. The molecule has 1 atom stereocenters. The maximum atomic E-state index is 11.7. The van der Waals surface area contributed by atoms with Gasteiger partial charge in [-0.25, -0.2) is 0 Å². The summed E-state index contributed by atoms with van der Waals surface area (Å²) in [7, 11) is 2.43. The van der Waals surface area contributed by atoms with Crippen LogP contribution in [-0.2, 0) is 6.16 Å². The van der Waals surface area contributed by atoms with Crippen LogP contribution in [0.4, 0.5) is 13.2 Å². The number of halogens is 3. The first kappa shape index (κ1) is 10.3. The fourth-order valence-electron chi connectivity index (χ4n) is 0.870. The van der Waals surface area contributed by atoms with Gasteiger partial charge in [-0.15, -0.1) is 22.4 Å². The Kier molecular flexibility index (Phi) is 3.15. The van der Waals surface area contributed by atoms with Crippen LogP contribution in [0.5, 0.6) is 5.75 Å². The molecule has 0 aliphatic rings. The summed E-state index contributed by atoms with van der Waals surface area (Å²) in [5.41, 5.74) is 0.784. The molecule has 0 fully saturated rings. The van der Waals surface area contributed by atoms with Gasteiger partial charge in [0, 0.05) is 0 Å². The van der Waals surface area contributed by atoms with Crippen LogP contribution in [0.3, 0.4) is 0 Å². The molecule has 1 unspecified atom stereocenters. The molecule has 0 heterocycles. The number of hydrogen-bond donors (Lipinski definition) is 0. The van der Waals surface area contributed by atoms with E-state index < -0.39 is 6.36 Å². The van der Waals surface area contributed by atoms with E-state index in [1.54, 1.807) is 6.07 Å². The molecule has 13 heavy (non-hydrogen) atoms. The topological polar surface area (TPSA) is 9.23 Å². The molecule has 0 saturated heterocycles. The summed E-state index contributed by atoms with van der Waals surface area (Å²) < 4.78 is 39.0. The second kappa shape index (κ2) is 3.97. The van der Waals surface area contributed by atoms with E-state index >= 15 is 0 Å². The highest BCUT2D eigenvalue weighted by Crippen LogP contribution is 2.23. The molecule has 5 heteroatoms. The summed E-state index contributed by atoms with van der Waals surface area (Å²) in [4.78, 5) is 0. The molecule has 1 aromatic carbocycles. The first-order valence-electron chi connectivity index (χ1n) is 3.56. The summed E-state index contributed by atoms with van der Waals surface area (Å²) in [6.07, 6.45) is -4.01. The van der Waals surface area contributed by atoms with E-state index in [1.807, 2.05) is 0 Å². The first-order valence-corrected chi connectivity index (χ1v) is 4.37. The number of ether oxygens (including phenoxy) is 1. The largest absolute Gasteiger partial charge is 0.573 e. The molecule has 0 radical (unpaired) electrons. The van der Waals surface area contributed by atoms with Crippen molar-refractivity contribution in [1.82, 2.24) is 0 Å². The molecule has 0 aliphatic carbocycles. The normalized spacial score (nSPS) is 11.4. The predicted octanol–water partition coefficient (Wildman–Crippen LogP) is 2.96. The van der Waals surface area contributed by atoms with Crippen LogP contribution in [0, 0.1) is 0 Å². The summed E-state index contributed by atoms with van der Waals surface area (Å²) in [6.45, 7) is 0. The lowest BCUT2D eigenvalue weighted by Crippen LogP contribution is -2.17. The van der Waals surface area contributed by atoms with Crippen molar-refractivity contribution in [2.75, 3.05) is 0 Å². The zero-order chi connectivity index (χ0) is 9.90. The van der Waals surface area contributed by atoms with Gasteiger partial charge in [-0.1, -0.05) is 12.1 Å². The summed E-state index contributed by atoms with van der Waals surface area (Å²) in [5.74, 6) is -0.174. The van der Waals surface area contributed by atoms with Crippen LogP contribution >= 0.6 is 9.24 Å². The minimum Gasteiger partial charge on any atom is -0.406 e. The lowest BCUT2D eigenvalue weighted by atomic mass is 10.2. The quantitative estimate of drug-likeness (QED) is 0.679. The Morgan fingerprint density at radius 3 is 2.54 bits per heavy atom. The van der Waals surface area contributed by atoms with Crippen LogP contribution in [0.1, 0.15) is 5.56 Å². The highest BCUT2D eigenvalue weighted by atomic mass is 31.0. The maximum absolute atomic E-state index is 11.7. The first-order chi connectivity index (χ1) is 6.01. The van der Waals surface area contributed by atoms with Crippen molar-refractivity contribution in [1.29, 1.82) is 0 Å². The van der Waals surface area contributed by atoms with Gasteiger partial charge in [-0.05, 0) is 23.9 Å². The average Bonchev–Trinajstić information content (AvgIpc) is 2.01. The fraction of sp³-hybridized carbons (Fsp3) is 0.250. The molecule has 1 nitrogen and oxygen atoms in total. The van der Waals surface area contributed by atoms with Gasteiger partial charge in [0.05, 0.1) is 0 Å². The number of hydrogen-bond acceptors (Lipinski definition) is 1. The van der Waals surface area contributed by atoms with Gasteiger partial charge in [0.1, 0.15) is 5.75 Å². The van der Waals surface area contributed by atoms with Crippen molar-refractivity contribution < 1.29 is 17.9 Å². The average molecular weight is 208 g/mol. The predicted molar refractivity (Wildman–Crippen MR) is 46.5 cm³/mol. The standard InChI is InChI=1S/C8H8F3OP/c9-8(10,11)12-7-3-1-2-6(4-7)5-13/h1-4H,5,13H2. The van der Waals surface area contributed by atoms with E-state index in [9.17, 15) is 13.2 Å². The third-order valence-corrected chi connectivity index (χ3v) is 1.84.